The second-order valence-electron chi connectivity index (χ2n) is 6.97. The Hall–Kier alpha value is -1.99. The zero-order chi connectivity index (χ0) is 18.2. The Bertz CT molecular complexity index is 728. The molecule has 25 heavy (non-hydrogen) atoms. The molecule has 2 atom stereocenters. The van der Waals surface area contributed by atoms with Crippen LogP contribution in [-0.2, 0) is 16.0 Å². The van der Waals surface area contributed by atoms with Gasteiger partial charge in [-0.25, -0.2) is 0 Å². The Kier molecular flexibility index (Phi) is 4.79. The summed E-state index contributed by atoms with van der Waals surface area (Å²) in [5.74, 6) is -0.956. The minimum absolute atomic E-state index is 0.00783. The predicted octanol–water partition coefficient (Wildman–Crippen LogP) is 1.52. The van der Waals surface area contributed by atoms with Crippen molar-refractivity contribution in [3.8, 4) is 0 Å². The lowest BCUT2D eigenvalue weighted by Crippen LogP contribution is -2.42. The van der Waals surface area contributed by atoms with Crippen LogP contribution in [0, 0.1) is 11.3 Å². The van der Waals surface area contributed by atoms with Crippen LogP contribution < -0.4 is 0 Å². The fourth-order valence-electron chi connectivity index (χ4n) is 3.92. The largest absolute Gasteiger partial charge is 0.481 e. The number of fused-ring (bicyclic) bond motifs is 1. The summed E-state index contributed by atoms with van der Waals surface area (Å²) in [5, 5.41) is 11.6. The molecule has 2 aliphatic heterocycles. The Morgan fingerprint density at radius 2 is 2.16 bits per heavy atom. The van der Waals surface area contributed by atoms with E-state index < -0.39 is 11.4 Å². The van der Waals surface area contributed by atoms with Gasteiger partial charge in [-0.15, -0.1) is 17.9 Å². The van der Waals surface area contributed by atoms with Crippen molar-refractivity contribution < 1.29 is 19.5 Å². The number of Topliss-reactive ketones (excluding diaryl/α,β-unsaturated/α-hetero) is 1. The number of amides is 1. The number of likely N-dealkylation sites (tertiary alicyclic amines) is 2. The minimum atomic E-state index is -0.877. The van der Waals surface area contributed by atoms with Crippen LogP contribution in [0.25, 0.3) is 0 Å². The van der Waals surface area contributed by atoms with Crippen LogP contribution in [-0.4, -0.2) is 65.3 Å². The zero-order valence-electron chi connectivity index (χ0n) is 14.2. The Morgan fingerprint density at radius 3 is 2.72 bits per heavy atom. The van der Waals surface area contributed by atoms with E-state index in [-0.39, 0.29) is 30.6 Å². The van der Waals surface area contributed by atoms with Crippen LogP contribution in [0.3, 0.4) is 0 Å². The first-order chi connectivity index (χ1) is 11.9. The molecule has 7 heteroatoms. The van der Waals surface area contributed by atoms with Gasteiger partial charge < -0.3 is 10.0 Å². The quantitative estimate of drug-likeness (QED) is 0.613. The summed E-state index contributed by atoms with van der Waals surface area (Å²) < 4.78 is 0. The lowest BCUT2D eigenvalue weighted by atomic mass is 9.81. The van der Waals surface area contributed by atoms with E-state index in [0.717, 1.165) is 5.56 Å². The van der Waals surface area contributed by atoms with E-state index in [1.807, 2.05) is 5.38 Å². The van der Waals surface area contributed by atoms with Crippen molar-refractivity contribution >= 4 is 29.0 Å². The van der Waals surface area contributed by atoms with Gasteiger partial charge in [-0.1, -0.05) is 6.08 Å². The molecule has 0 radical (unpaired) electrons. The molecule has 2 aliphatic rings. The summed E-state index contributed by atoms with van der Waals surface area (Å²) >= 11 is 1.34. The maximum absolute atomic E-state index is 12.6. The van der Waals surface area contributed by atoms with Crippen LogP contribution >= 0.6 is 11.3 Å². The third-order valence-corrected chi connectivity index (χ3v) is 6.28. The number of carboxylic acid groups (broad SMARTS) is 1. The van der Waals surface area contributed by atoms with Crippen molar-refractivity contribution in [1.29, 1.82) is 0 Å². The van der Waals surface area contributed by atoms with Gasteiger partial charge in [0.25, 0.3) is 0 Å². The van der Waals surface area contributed by atoms with E-state index >= 15 is 0 Å². The van der Waals surface area contributed by atoms with Crippen molar-refractivity contribution in [3.05, 3.63) is 34.5 Å². The van der Waals surface area contributed by atoms with Crippen LogP contribution in [0.4, 0.5) is 0 Å². The highest BCUT2D eigenvalue weighted by Crippen LogP contribution is 2.43. The summed E-state index contributed by atoms with van der Waals surface area (Å²) in [7, 11) is 0. The van der Waals surface area contributed by atoms with Gasteiger partial charge in [-0.2, -0.15) is 0 Å². The van der Waals surface area contributed by atoms with E-state index in [4.69, 9.17) is 0 Å². The van der Waals surface area contributed by atoms with Gasteiger partial charge in [0.1, 0.15) is 5.41 Å². The van der Waals surface area contributed by atoms with Gasteiger partial charge >= 0.3 is 5.97 Å². The molecular weight excluding hydrogens is 340 g/mol. The van der Waals surface area contributed by atoms with Crippen molar-refractivity contribution in [1.82, 2.24) is 9.80 Å². The molecule has 134 valence electrons. The highest BCUT2D eigenvalue weighted by atomic mass is 32.1. The molecule has 6 nitrogen and oxygen atoms in total. The first-order valence-electron chi connectivity index (χ1n) is 8.28. The van der Waals surface area contributed by atoms with Crippen molar-refractivity contribution in [2.75, 3.05) is 32.7 Å². The fraction of sp³-hybridized carbons (Fsp3) is 0.500. The monoisotopic (exact) mass is 362 g/mol. The lowest BCUT2D eigenvalue weighted by Gasteiger charge is -2.25. The van der Waals surface area contributed by atoms with Crippen LogP contribution in [0.5, 0.6) is 0 Å². The van der Waals surface area contributed by atoms with Gasteiger partial charge in [0.2, 0.25) is 5.91 Å². The molecule has 0 unspecified atom stereocenters. The van der Waals surface area contributed by atoms with Crippen molar-refractivity contribution in [2.45, 2.75) is 13.3 Å². The zero-order valence-corrected chi connectivity index (χ0v) is 15.1. The number of rotatable bonds is 6. The highest BCUT2D eigenvalue weighted by Gasteiger charge is 2.58. The van der Waals surface area contributed by atoms with E-state index in [1.54, 1.807) is 17.0 Å². The van der Waals surface area contributed by atoms with E-state index in [2.05, 4.69) is 11.5 Å². The number of hydrogen-bond acceptors (Lipinski definition) is 5. The predicted molar refractivity (Wildman–Crippen MR) is 94.8 cm³/mol. The Labute approximate surface area is 150 Å². The summed E-state index contributed by atoms with van der Waals surface area (Å²) in [6, 6.07) is 1.75. The fourth-order valence-corrected chi connectivity index (χ4v) is 4.74. The van der Waals surface area contributed by atoms with Crippen molar-refractivity contribution in [3.63, 3.8) is 0 Å². The Morgan fingerprint density at radius 1 is 1.40 bits per heavy atom. The molecule has 1 N–H and O–H groups in total. The maximum Gasteiger partial charge on any atom is 0.313 e. The maximum atomic E-state index is 12.6. The first kappa shape index (κ1) is 17.8. The highest BCUT2D eigenvalue weighted by molar-refractivity contribution is 7.12. The average molecular weight is 362 g/mol. The number of ketones is 1. The smallest absolute Gasteiger partial charge is 0.313 e. The number of nitrogens with zero attached hydrogens (tertiary/aromatic N) is 2. The van der Waals surface area contributed by atoms with Gasteiger partial charge in [-0.3, -0.25) is 19.3 Å². The van der Waals surface area contributed by atoms with E-state index in [9.17, 15) is 19.5 Å². The van der Waals surface area contributed by atoms with Crippen LogP contribution in [0.15, 0.2) is 24.1 Å². The summed E-state index contributed by atoms with van der Waals surface area (Å²) in [4.78, 5) is 40.3. The third-order valence-electron chi connectivity index (χ3n) is 5.20. The molecule has 0 saturated carbocycles. The molecular formula is C18H22N2O4S. The van der Waals surface area contributed by atoms with Crippen LogP contribution in [0.1, 0.15) is 22.2 Å². The summed E-state index contributed by atoms with van der Waals surface area (Å²) in [6.07, 6.45) is 1.99. The lowest BCUT2D eigenvalue weighted by molar-refractivity contribution is -0.149. The molecule has 3 rings (SSSR count). The molecule has 2 saturated heterocycles. The second-order valence-corrected chi connectivity index (χ2v) is 7.88. The molecule has 0 aliphatic carbocycles. The van der Waals surface area contributed by atoms with Crippen LogP contribution in [0.2, 0.25) is 0 Å². The summed E-state index contributed by atoms with van der Waals surface area (Å²) in [6.45, 7) is 7.74. The number of thiophene rings is 1. The molecule has 0 bridgehead atoms. The van der Waals surface area contributed by atoms with Gasteiger partial charge in [0.05, 0.1) is 11.3 Å². The van der Waals surface area contributed by atoms with Gasteiger partial charge in [0, 0.05) is 38.6 Å². The molecule has 1 amide bonds. The average Bonchev–Trinajstić information content (AvgIpc) is 3.19. The number of carbonyl (C=O) groups excluding carboxylic acids is 2. The van der Waals surface area contributed by atoms with E-state index in [0.29, 0.717) is 31.1 Å². The van der Waals surface area contributed by atoms with Gasteiger partial charge in [-0.05, 0) is 23.9 Å². The number of hydrogen-bond donors (Lipinski definition) is 1. The molecule has 1 aromatic rings. The summed E-state index contributed by atoms with van der Waals surface area (Å²) in [5.41, 5.74) is -0.0624. The van der Waals surface area contributed by atoms with Crippen molar-refractivity contribution in [2.24, 2.45) is 11.3 Å². The number of carboxylic acids is 1. The second kappa shape index (κ2) is 6.72. The third kappa shape index (κ3) is 3.26. The molecule has 0 aromatic carbocycles. The van der Waals surface area contributed by atoms with E-state index in [1.165, 1.54) is 18.3 Å². The molecule has 1 aromatic heterocycles. The first-order valence-corrected chi connectivity index (χ1v) is 9.16. The molecule has 0 spiro atoms. The topological polar surface area (TPSA) is 77.9 Å². The number of aliphatic carboxylic acids is 1. The number of carbonyl (C=O) groups is 3. The standard InChI is InChI=1S/C18H22N2O4S/c1-3-4-19-7-14-8-20(11-18(14,10-19)17(23)24)16(22)6-13-5-15(12(2)21)25-9-13/h3,5,9,14H,1,4,6-8,10-11H2,2H3,(H,23,24)/t14-,18-/m1/s1. The van der Waals surface area contributed by atoms with Gasteiger partial charge in [0.15, 0.2) is 5.78 Å². The normalized spacial score (nSPS) is 25.8. The SMILES string of the molecule is C=CCN1C[C@@H]2CN(C(=O)Cc3csc(C(C)=O)c3)C[C@]2(C(=O)O)C1. The minimum Gasteiger partial charge on any atom is -0.481 e. The molecule has 2 fully saturated rings. The molecule has 3 heterocycles. The Balaban J connectivity index is 1.69.